The average Bonchev–Trinajstić information content (AvgIpc) is 3.01. The summed E-state index contributed by atoms with van der Waals surface area (Å²) in [4.78, 5) is 0. The van der Waals surface area contributed by atoms with Crippen molar-refractivity contribution >= 4 is 27.2 Å². The highest BCUT2D eigenvalue weighted by molar-refractivity contribution is 6.21. The molecule has 1 heteroatoms. The van der Waals surface area contributed by atoms with Crippen molar-refractivity contribution in [1.29, 1.82) is 0 Å². The third kappa shape index (κ3) is 4.05. The first-order chi connectivity index (χ1) is 19.3. The van der Waals surface area contributed by atoms with Crippen LogP contribution in [0.2, 0.25) is 0 Å². The molecule has 0 saturated heterocycles. The van der Waals surface area contributed by atoms with Gasteiger partial charge in [0, 0.05) is 5.69 Å². The number of fused-ring (bicyclic) bond motifs is 2. The van der Waals surface area contributed by atoms with Crippen LogP contribution >= 0.6 is 0 Å². The van der Waals surface area contributed by atoms with Gasteiger partial charge in [0.05, 0.1) is 0 Å². The number of hydrogen-bond donors (Lipinski definition) is 1. The van der Waals surface area contributed by atoms with Gasteiger partial charge in [0.1, 0.15) is 0 Å². The Morgan fingerprint density at radius 2 is 0.615 bits per heavy atom. The van der Waals surface area contributed by atoms with Crippen molar-refractivity contribution in [2.75, 3.05) is 5.73 Å². The molecule has 2 N–H and O–H groups in total. The van der Waals surface area contributed by atoms with Crippen LogP contribution in [0, 0.1) is 0 Å². The number of nitrogens with two attached hydrogens (primary N) is 1. The van der Waals surface area contributed by atoms with Crippen molar-refractivity contribution < 1.29 is 0 Å². The molecule has 7 aromatic rings. The molecule has 7 rings (SSSR count). The molecule has 39 heavy (non-hydrogen) atoms. The van der Waals surface area contributed by atoms with Gasteiger partial charge in [-0.15, -0.1) is 0 Å². The Labute approximate surface area is 228 Å². The predicted octanol–water partition coefficient (Wildman–Crippen LogP) is 10.2. The van der Waals surface area contributed by atoms with Crippen LogP contribution in [0.15, 0.2) is 152 Å². The molecule has 184 valence electrons. The van der Waals surface area contributed by atoms with Gasteiger partial charge in [0.2, 0.25) is 0 Å². The molecule has 7 aromatic carbocycles. The van der Waals surface area contributed by atoms with Gasteiger partial charge >= 0.3 is 0 Å². The van der Waals surface area contributed by atoms with Crippen molar-refractivity contribution in [2.24, 2.45) is 0 Å². The average molecular weight is 498 g/mol. The van der Waals surface area contributed by atoms with E-state index in [9.17, 15) is 0 Å². The van der Waals surface area contributed by atoms with Crippen LogP contribution in [0.4, 0.5) is 5.69 Å². The van der Waals surface area contributed by atoms with Crippen LogP contribution in [0.25, 0.3) is 66.1 Å². The quantitative estimate of drug-likeness (QED) is 0.190. The topological polar surface area (TPSA) is 26.0 Å². The minimum atomic E-state index is 0.776. The fraction of sp³-hybridized carbons (Fsp3) is 0. The van der Waals surface area contributed by atoms with Gasteiger partial charge in [0.25, 0.3) is 0 Å². The maximum Gasteiger partial charge on any atom is 0.0314 e. The highest BCUT2D eigenvalue weighted by Gasteiger charge is 2.16. The monoisotopic (exact) mass is 497 g/mol. The first-order valence-electron chi connectivity index (χ1n) is 13.3. The zero-order chi connectivity index (χ0) is 26.2. The van der Waals surface area contributed by atoms with E-state index in [2.05, 4.69) is 140 Å². The lowest BCUT2D eigenvalue weighted by atomic mass is 9.85. The van der Waals surface area contributed by atoms with Crippen molar-refractivity contribution in [3.05, 3.63) is 152 Å². The van der Waals surface area contributed by atoms with E-state index in [1.807, 2.05) is 12.1 Å². The Morgan fingerprint density at radius 3 is 1.08 bits per heavy atom. The summed E-state index contributed by atoms with van der Waals surface area (Å²) < 4.78 is 0. The van der Waals surface area contributed by atoms with Gasteiger partial charge in [-0.05, 0) is 78.2 Å². The Bertz CT molecular complexity index is 1880. The molecule has 0 radical (unpaired) electrons. The molecular weight excluding hydrogens is 470 g/mol. The van der Waals surface area contributed by atoms with Gasteiger partial charge in [-0.2, -0.15) is 0 Å². The summed E-state index contributed by atoms with van der Waals surface area (Å²) in [7, 11) is 0. The molecular formula is C38H27N. The Balaban J connectivity index is 1.43. The van der Waals surface area contributed by atoms with E-state index in [0.29, 0.717) is 0 Å². The number of anilines is 1. The SMILES string of the molecule is Nc1ccc(-c2c3ccccc3c(-c3ccc(-c4ccccc4-c4ccccc4)cc3)c3ccccc23)cc1. The van der Waals surface area contributed by atoms with Crippen LogP contribution < -0.4 is 5.73 Å². The second kappa shape index (κ2) is 9.63. The third-order valence-electron chi connectivity index (χ3n) is 7.63. The second-order valence-electron chi connectivity index (χ2n) is 9.95. The third-order valence-corrected chi connectivity index (χ3v) is 7.63. The molecule has 0 fully saturated rings. The largest absolute Gasteiger partial charge is 0.399 e. The van der Waals surface area contributed by atoms with Gasteiger partial charge in [0.15, 0.2) is 0 Å². The van der Waals surface area contributed by atoms with E-state index in [4.69, 9.17) is 5.73 Å². The predicted molar refractivity (Wildman–Crippen MR) is 168 cm³/mol. The summed E-state index contributed by atoms with van der Waals surface area (Å²) in [5, 5.41) is 4.99. The van der Waals surface area contributed by atoms with Crippen LogP contribution in [-0.4, -0.2) is 0 Å². The first kappa shape index (κ1) is 23.0. The zero-order valence-corrected chi connectivity index (χ0v) is 21.5. The lowest BCUT2D eigenvalue weighted by molar-refractivity contribution is 1.58. The van der Waals surface area contributed by atoms with Gasteiger partial charge in [-0.1, -0.05) is 140 Å². The summed E-state index contributed by atoms with van der Waals surface area (Å²) in [5.41, 5.74) is 16.6. The molecule has 0 saturated carbocycles. The molecule has 1 nitrogen and oxygen atoms in total. The molecule has 0 heterocycles. The summed E-state index contributed by atoms with van der Waals surface area (Å²) in [6.45, 7) is 0. The number of nitrogen functional groups attached to an aromatic ring is 1. The highest BCUT2D eigenvalue weighted by Crippen LogP contribution is 2.44. The summed E-state index contributed by atoms with van der Waals surface area (Å²) in [6, 6.07) is 54.0. The molecule has 0 aliphatic heterocycles. The fourth-order valence-electron chi connectivity index (χ4n) is 5.82. The smallest absolute Gasteiger partial charge is 0.0314 e. The molecule has 0 aromatic heterocycles. The number of benzene rings is 7. The van der Waals surface area contributed by atoms with Crippen molar-refractivity contribution in [2.45, 2.75) is 0 Å². The molecule has 0 aliphatic carbocycles. The normalized spacial score (nSPS) is 11.2. The Morgan fingerprint density at radius 1 is 0.282 bits per heavy atom. The van der Waals surface area contributed by atoms with Crippen LogP contribution in [0.1, 0.15) is 0 Å². The van der Waals surface area contributed by atoms with Crippen LogP contribution in [-0.2, 0) is 0 Å². The second-order valence-corrected chi connectivity index (χ2v) is 9.95. The van der Waals surface area contributed by atoms with Crippen LogP contribution in [0.5, 0.6) is 0 Å². The van der Waals surface area contributed by atoms with Gasteiger partial charge < -0.3 is 5.73 Å². The maximum absolute atomic E-state index is 6.03. The highest BCUT2D eigenvalue weighted by atomic mass is 14.5. The molecule has 0 spiro atoms. The van der Waals surface area contributed by atoms with E-state index in [0.717, 1.165) is 5.69 Å². The summed E-state index contributed by atoms with van der Waals surface area (Å²) in [6.07, 6.45) is 0. The lowest BCUT2D eigenvalue weighted by Crippen LogP contribution is -1.91. The number of rotatable bonds is 4. The minimum Gasteiger partial charge on any atom is -0.399 e. The van der Waals surface area contributed by atoms with E-state index in [1.165, 1.54) is 66.1 Å². The van der Waals surface area contributed by atoms with Crippen molar-refractivity contribution in [1.82, 2.24) is 0 Å². The summed E-state index contributed by atoms with van der Waals surface area (Å²) in [5.74, 6) is 0. The lowest BCUT2D eigenvalue weighted by Gasteiger charge is -2.18. The van der Waals surface area contributed by atoms with Gasteiger partial charge in [-0.25, -0.2) is 0 Å². The zero-order valence-electron chi connectivity index (χ0n) is 21.5. The van der Waals surface area contributed by atoms with Crippen molar-refractivity contribution in [3.8, 4) is 44.5 Å². The fourth-order valence-corrected chi connectivity index (χ4v) is 5.82. The molecule has 0 bridgehead atoms. The van der Waals surface area contributed by atoms with Crippen LogP contribution in [0.3, 0.4) is 0 Å². The van der Waals surface area contributed by atoms with Gasteiger partial charge in [-0.3, -0.25) is 0 Å². The number of hydrogen-bond acceptors (Lipinski definition) is 1. The molecule has 0 unspecified atom stereocenters. The summed E-state index contributed by atoms with van der Waals surface area (Å²) >= 11 is 0. The molecule has 0 atom stereocenters. The minimum absolute atomic E-state index is 0.776. The molecule has 0 aliphatic rings. The Kier molecular flexibility index (Phi) is 5.68. The maximum atomic E-state index is 6.03. The van der Waals surface area contributed by atoms with E-state index < -0.39 is 0 Å². The first-order valence-corrected chi connectivity index (χ1v) is 13.3. The molecule has 0 amide bonds. The standard InChI is InChI=1S/C38H27N/c39-30-24-22-29(23-25-30)38-35-16-8-6-14-33(35)37(34-15-7-9-17-36(34)38)28-20-18-27(19-21-28)32-13-5-4-12-31(32)26-10-2-1-3-11-26/h1-25H,39H2. The Hall–Kier alpha value is -5.14. The van der Waals surface area contributed by atoms with E-state index in [-0.39, 0.29) is 0 Å². The van der Waals surface area contributed by atoms with Crippen molar-refractivity contribution in [3.63, 3.8) is 0 Å². The van der Waals surface area contributed by atoms with E-state index >= 15 is 0 Å². The van der Waals surface area contributed by atoms with E-state index in [1.54, 1.807) is 0 Å².